The fraction of sp³-hybridized carbons (Fsp3) is 0.429. The molecule has 5 N–H and O–H groups in total. The minimum absolute atomic E-state index is 0.387. The molecule has 0 bridgehead atoms. The van der Waals surface area contributed by atoms with Crippen molar-refractivity contribution in [3.05, 3.63) is 64.9 Å². The van der Waals surface area contributed by atoms with Crippen molar-refractivity contribution < 1.29 is 0 Å². The second kappa shape index (κ2) is 9.59. The highest BCUT2D eigenvalue weighted by Gasteiger charge is 2.24. The van der Waals surface area contributed by atoms with E-state index in [1.54, 1.807) is 19.6 Å². The summed E-state index contributed by atoms with van der Waals surface area (Å²) < 4.78 is 2.03. The topological polar surface area (TPSA) is 104 Å². The number of hydrogen-bond donors (Lipinski definition) is 3. The molecule has 190 valence electrons. The molecule has 0 aliphatic carbocycles. The normalized spacial score (nSPS) is 16.0. The Balaban J connectivity index is 1.46. The Morgan fingerprint density at radius 3 is 2.67 bits per heavy atom. The maximum absolute atomic E-state index is 6.14. The Bertz CT molecular complexity index is 1420. The number of piperidine rings is 1. The van der Waals surface area contributed by atoms with Gasteiger partial charge in [-0.1, -0.05) is 19.9 Å². The van der Waals surface area contributed by atoms with Crippen LogP contribution in [0.25, 0.3) is 27.8 Å². The maximum Gasteiger partial charge on any atom is 0.163 e. The van der Waals surface area contributed by atoms with Crippen molar-refractivity contribution in [3.8, 4) is 11.3 Å². The zero-order valence-corrected chi connectivity index (χ0v) is 22.0. The van der Waals surface area contributed by atoms with Crippen LogP contribution < -0.4 is 11.6 Å². The molecule has 4 aromatic rings. The van der Waals surface area contributed by atoms with Gasteiger partial charge in [-0.2, -0.15) is 0 Å². The highest BCUT2D eigenvalue weighted by Crippen LogP contribution is 2.40. The van der Waals surface area contributed by atoms with E-state index in [1.807, 2.05) is 4.40 Å². The van der Waals surface area contributed by atoms with E-state index in [4.69, 9.17) is 11.6 Å². The number of pyridine rings is 1. The van der Waals surface area contributed by atoms with Crippen LogP contribution in [0.1, 0.15) is 60.8 Å². The van der Waals surface area contributed by atoms with E-state index in [-0.39, 0.29) is 0 Å². The molecule has 0 radical (unpaired) electrons. The number of hydrazine groups is 1. The number of hydrogen-bond acceptors (Lipinski definition) is 6. The van der Waals surface area contributed by atoms with Gasteiger partial charge >= 0.3 is 0 Å². The van der Waals surface area contributed by atoms with Gasteiger partial charge in [0.25, 0.3) is 0 Å². The molecule has 0 atom stereocenters. The fourth-order valence-corrected chi connectivity index (χ4v) is 5.74. The van der Waals surface area contributed by atoms with Crippen LogP contribution in [-0.2, 0) is 0 Å². The van der Waals surface area contributed by atoms with E-state index < -0.39 is 0 Å². The van der Waals surface area contributed by atoms with Crippen LogP contribution in [0.15, 0.2) is 42.6 Å². The molecule has 8 heteroatoms. The van der Waals surface area contributed by atoms with E-state index in [0.717, 1.165) is 43.8 Å². The van der Waals surface area contributed by atoms with Crippen LogP contribution in [-0.4, -0.2) is 56.2 Å². The summed E-state index contributed by atoms with van der Waals surface area (Å²) in [6.45, 7) is 11.7. The second-order valence-electron chi connectivity index (χ2n) is 10.6. The van der Waals surface area contributed by atoms with Gasteiger partial charge < -0.3 is 15.7 Å². The van der Waals surface area contributed by atoms with Crippen LogP contribution in [0.2, 0.25) is 0 Å². The number of aromatic nitrogens is 4. The molecule has 1 aromatic carbocycles. The lowest BCUT2D eigenvalue weighted by Gasteiger charge is -2.32. The molecule has 1 fully saturated rings. The zero-order chi connectivity index (χ0) is 25.6. The van der Waals surface area contributed by atoms with E-state index in [9.17, 15) is 0 Å². The lowest BCUT2D eigenvalue weighted by atomic mass is 9.87. The highest BCUT2D eigenvalue weighted by molar-refractivity contribution is 5.92. The molecule has 5 rings (SSSR count). The Kier molecular flexibility index (Phi) is 6.49. The van der Waals surface area contributed by atoms with E-state index in [2.05, 4.69) is 72.2 Å². The average molecular weight is 487 g/mol. The van der Waals surface area contributed by atoms with Crippen molar-refractivity contribution in [2.75, 3.05) is 26.7 Å². The predicted molar refractivity (Wildman–Crippen MR) is 146 cm³/mol. The van der Waals surface area contributed by atoms with Crippen molar-refractivity contribution in [1.29, 1.82) is 0 Å². The Morgan fingerprint density at radius 1 is 1.22 bits per heavy atom. The molecule has 0 amide bonds. The molecular weight excluding hydrogens is 448 g/mol. The van der Waals surface area contributed by atoms with E-state index >= 15 is 0 Å². The first kappa shape index (κ1) is 24.3. The van der Waals surface area contributed by atoms with Crippen molar-refractivity contribution in [1.82, 2.24) is 29.5 Å². The number of aromatic amines is 1. The first-order valence-electron chi connectivity index (χ1n) is 12.8. The molecule has 0 spiro atoms. The standard InChI is InChI=1S/C28H38N8/c1-17(2)26-23-12-21(20-8-10-35(11-9-20)14-22(29)13-34(5)30)6-7-25(23)32-27(26)24-15-36-16-31-33-28(36)19(4)18(24)3/h6-7,12-13,15-17,20,32H,8-11,14,29-30H2,1-5H3/b22-13-. The number of aryl methyl sites for hydroxylation is 1. The Labute approximate surface area is 212 Å². The predicted octanol–water partition coefficient (Wildman–Crippen LogP) is 4.40. The van der Waals surface area contributed by atoms with Gasteiger partial charge in [0.05, 0.1) is 5.69 Å². The number of H-pyrrole nitrogens is 1. The second-order valence-corrected chi connectivity index (χ2v) is 10.6. The number of likely N-dealkylation sites (tertiary alicyclic amines) is 1. The lowest BCUT2D eigenvalue weighted by Crippen LogP contribution is -2.36. The van der Waals surface area contributed by atoms with Gasteiger partial charge in [-0.3, -0.25) is 9.30 Å². The molecule has 36 heavy (non-hydrogen) atoms. The van der Waals surface area contributed by atoms with E-state index in [1.165, 1.54) is 49.4 Å². The molecule has 3 aromatic heterocycles. The van der Waals surface area contributed by atoms with Gasteiger partial charge in [0.15, 0.2) is 5.65 Å². The molecule has 1 aliphatic heterocycles. The van der Waals surface area contributed by atoms with Crippen molar-refractivity contribution in [3.63, 3.8) is 0 Å². The smallest absolute Gasteiger partial charge is 0.163 e. The number of nitrogens with zero attached hydrogens (tertiary/aromatic N) is 5. The maximum atomic E-state index is 6.14. The van der Waals surface area contributed by atoms with Crippen molar-refractivity contribution >= 4 is 16.6 Å². The number of nitrogens with two attached hydrogens (primary N) is 2. The Morgan fingerprint density at radius 2 is 1.97 bits per heavy atom. The summed E-state index contributed by atoms with van der Waals surface area (Å²) in [4.78, 5) is 6.19. The van der Waals surface area contributed by atoms with Crippen LogP contribution >= 0.6 is 0 Å². The highest BCUT2D eigenvalue weighted by atomic mass is 15.4. The first-order valence-corrected chi connectivity index (χ1v) is 12.8. The quantitative estimate of drug-likeness (QED) is 0.276. The van der Waals surface area contributed by atoms with Crippen molar-refractivity contribution in [2.45, 2.75) is 52.4 Å². The summed E-state index contributed by atoms with van der Waals surface area (Å²) in [6.07, 6.45) is 8.00. The minimum Gasteiger partial charge on any atom is -0.400 e. The monoisotopic (exact) mass is 486 g/mol. The molecule has 4 heterocycles. The average Bonchev–Trinajstić information content (AvgIpc) is 3.45. The number of rotatable bonds is 6. The summed E-state index contributed by atoms with van der Waals surface area (Å²) in [6, 6.07) is 7.01. The molecular formula is C28H38N8. The molecule has 1 aliphatic rings. The summed E-state index contributed by atoms with van der Waals surface area (Å²) in [5.74, 6) is 6.64. The van der Waals surface area contributed by atoms with E-state index in [0.29, 0.717) is 11.8 Å². The lowest BCUT2D eigenvalue weighted by molar-refractivity contribution is 0.226. The molecule has 8 nitrogen and oxygen atoms in total. The van der Waals surface area contributed by atoms with Crippen LogP contribution in [0.5, 0.6) is 0 Å². The third kappa shape index (κ3) is 4.47. The van der Waals surface area contributed by atoms with Crippen LogP contribution in [0.4, 0.5) is 0 Å². The zero-order valence-electron chi connectivity index (χ0n) is 22.0. The fourth-order valence-electron chi connectivity index (χ4n) is 5.74. The third-order valence-electron chi connectivity index (χ3n) is 7.69. The SMILES string of the molecule is Cc1c(-c2[nH]c3ccc(C4CCN(C/C(N)=C/N(C)N)CC4)cc3c2C(C)C)cn2cnnc2c1C. The van der Waals surface area contributed by atoms with Crippen LogP contribution in [0.3, 0.4) is 0 Å². The number of nitrogens with one attached hydrogen (secondary N) is 1. The summed E-state index contributed by atoms with van der Waals surface area (Å²) in [7, 11) is 1.79. The van der Waals surface area contributed by atoms with Gasteiger partial charge in [-0.05, 0) is 86.0 Å². The summed E-state index contributed by atoms with van der Waals surface area (Å²) in [5, 5.41) is 11.3. The molecule has 0 unspecified atom stereocenters. The number of benzene rings is 1. The van der Waals surface area contributed by atoms with Gasteiger partial charge in [0, 0.05) is 48.2 Å². The molecule has 0 saturated carbocycles. The Hall–Kier alpha value is -3.36. The first-order chi connectivity index (χ1) is 17.2. The van der Waals surface area contributed by atoms with Gasteiger partial charge in [-0.15, -0.1) is 10.2 Å². The summed E-state index contributed by atoms with van der Waals surface area (Å²) in [5.41, 5.74) is 16.7. The van der Waals surface area contributed by atoms with Gasteiger partial charge in [0.2, 0.25) is 0 Å². The van der Waals surface area contributed by atoms with Crippen molar-refractivity contribution in [2.24, 2.45) is 11.6 Å². The third-order valence-corrected chi connectivity index (χ3v) is 7.69. The number of fused-ring (bicyclic) bond motifs is 2. The van der Waals surface area contributed by atoms with Gasteiger partial charge in [-0.25, -0.2) is 5.84 Å². The minimum atomic E-state index is 0.387. The molecule has 1 saturated heterocycles. The van der Waals surface area contributed by atoms with Gasteiger partial charge in [0.1, 0.15) is 6.33 Å². The largest absolute Gasteiger partial charge is 0.400 e. The summed E-state index contributed by atoms with van der Waals surface area (Å²) >= 11 is 0. The van der Waals surface area contributed by atoms with Crippen LogP contribution in [0, 0.1) is 13.8 Å².